The first-order chi connectivity index (χ1) is 9.10. The molecule has 1 aliphatic carbocycles. The van der Waals surface area contributed by atoms with Gasteiger partial charge in [0.25, 0.3) is 0 Å². The van der Waals surface area contributed by atoms with E-state index in [1.54, 1.807) is 0 Å². The third-order valence-corrected chi connectivity index (χ3v) is 3.61. The van der Waals surface area contributed by atoms with Gasteiger partial charge in [-0.25, -0.2) is 0 Å². The van der Waals surface area contributed by atoms with Crippen LogP contribution < -0.4 is 15.8 Å². The molecule has 0 heterocycles. The van der Waals surface area contributed by atoms with Crippen LogP contribution in [0.1, 0.15) is 31.7 Å². The Morgan fingerprint density at radius 3 is 2.84 bits per heavy atom. The Morgan fingerprint density at radius 2 is 2.26 bits per heavy atom. The second kappa shape index (κ2) is 6.06. The van der Waals surface area contributed by atoms with Gasteiger partial charge in [-0.3, -0.25) is 4.79 Å². The van der Waals surface area contributed by atoms with Crippen LogP contribution in [0.3, 0.4) is 0 Å². The fourth-order valence-corrected chi connectivity index (χ4v) is 2.52. The molecule has 2 rings (SSSR count). The molecule has 0 spiro atoms. The van der Waals surface area contributed by atoms with Crippen LogP contribution in [0, 0.1) is 12.8 Å². The molecule has 0 aliphatic heterocycles. The molecule has 3 N–H and O–H groups in total. The van der Waals surface area contributed by atoms with E-state index in [4.69, 9.17) is 10.5 Å². The van der Waals surface area contributed by atoms with Gasteiger partial charge in [0.2, 0.25) is 5.91 Å². The summed E-state index contributed by atoms with van der Waals surface area (Å²) in [5, 5.41) is 2.99. The normalized spacial score (nSPS) is 22.3. The van der Waals surface area contributed by atoms with Crippen molar-refractivity contribution in [3.8, 4) is 5.75 Å². The lowest BCUT2D eigenvalue weighted by atomic mass is 10.1. The Labute approximate surface area is 114 Å². The monoisotopic (exact) mass is 262 g/mol. The fourth-order valence-electron chi connectivity index (χ4n) is 2.52. The van der Waals surface area contributed by atoms with E-state index in [0.717, 1.165) is 36.3 Å². The van der Waals surface area contributed by atoms with Crippen molar-refractivity contribution < 1.29 is 9.53 Å². The summed E-state index contributed by atoms with van der Waals surface area (Å²) in [4.78, 5) is 12.1. The maximum Gasteiger partial charge on any atom is 0.227 e. The number of hydrogen-bond acceptors (Lipinski definition) is 3. The highest BCUT2D eigenvalue weighted by Crippen LogP contribution is 2.27. The van der Waals surface area contributed by atoms with E-state index in [0.29, 0.717) is 6.61 Å². The Morgan fingerprint density at radius 1 is 1.47 bits per heavy atom. The Balaban J connectivity index is 2.00. The highest BCUT2D eigenvalue weighted by molar-refractivity contribution is 5.93. The molecule has 2 atom stereocenters. The molecule has 1 saturated carbocycles. The van der Waals surface area contributed by atoms with Gasteiger partial charge >= 0.3 is 0 Å². The molecule has 104 valence electrons. The molecule has 2 unspecified atom stereocenters. The van der Waals surface area contributed by atoms with Gasteiger partial charge in [-0.05, 0) is 56.9 Å². The van der Waals surface area contributed by atoms with Gasteiger partial charge in [0.05, 0.1) is 6.61 Å². The lowest BCUT2D eigenvalue weighted by Crippen LogP contribution is -2.23. The highest BCUT2D eigenvalue weighted by Gasteiger charge is 2.27. The van der Waals surface area contributed by atoms with Gasteiger partial charge in [0.15, 0.2) is 0 Å². The summed E-state index contributed by atoms with van der Waals surface area (Å²) < 4.78 is 5.43. The van der Waals surface area contributed by atoms with E-state index in [1.807, 2.05) is 32.0 Å². The summed E-state index contributed by atoms with van der Waals surface area (Å²) in [5.74, 6) is 0.974. The molecule has 1 aliphatic rings. The summed E-state index contributed by atoms with van der Waals surface area (Å²) in [7, 11) is 0. The maximum atomic E-state index is 12.1. The second-order valence-corrected chi connectivity index (χ2v) is 5.17. The SMILES string of the molecule is CCOc1ccc(NC(=O)C2CCC(N)C2)c(C)c1. The summed E-state index contributed by atoms with van der Waals surface area (Å²) >= 11 is 0. The lowest BCUT2D eigenvalue weighted by Gasteiger charge is -2.13. The average Bonchev–Trinajstić information content (AvgIpc) is 2.80. The molecule has 19 heavy (non-hydrogen) atoms. The van der Waals surface area contributed by atoms with Crippen molar-refractivity contribution in [1.29, 1.82) is 0 Å². The quantitative estimate of drug-likeness (QED) is 0.876. The van der Waals surface area contributed by atoms with Crippen molar-refractivity contribution in [1.82, 2.24) is 0 Å². The zero-order valence-corrected chi connectivity index (χ0v) is 11.6. The van der Waals surface area contributed by atoms with Crippen LogP contribution in [-0.2, 0) is 4.79 Å². The van der Waals surface area contributed by atoms with Crippen LogP contribution >= 0.6 is 0 Å². The molecule has 4 heteroatoms. The van der Waals surface area contributed by atoms with Crippen molar-refractivity contribution >= 4 is 11.6 Å². The van der Waals surface area contributed by atoms with E-state index in [2.05, 4.69) is 5.32 Å². The zero-order valence-electron chi connectivity index (χ0n) is 11.6. The van der Waals surface area contributed by atoms with Crippen LogP contribution in [-0.4, -0.2) is 18.6 Å². The lowest BCUT2D eigenvalue weighted by molar-refractivity contribution is -0.119. The minimum atomic E-state index is 0.0565. The van der Waals surface area contributed by atoms with Crippen LogP contribution in [0.2, 0.25) is 0 Å². The second-order valence-electron chi connectivity index (χ2n) is 5.17. The topological polar surface area (TPSA) is 64.3 Å². The first-order valence-corrected chi connectivity index (χ1v) is 6.90. The number of carbonyl (C=O) groups excluding carboxylic acids is 1. The molecule has 1 fully saturated rings. The fraction of sp³-hybridized carbons (Fsp3) is 0.533. The van der Waals surface area contributed by atoms with Gasteiger partial charge in [0.1, 0.15) is 5.75 Å². The number of amides is 1. The average molecular weight is 262 g/mol. The number of rotatable bonds is 4. The van der Waals surface area contributed by atoms with E-state index < -0.39 is 0 Å². The van der Waals surface area contributed by atoms with E-state index in [9.17, 15) is 4.79 Å². The minimum absolute atomic E-state index is 0.0565. The third-order valence-electron chi connectivity index (χ3n) is 3.61. The van der Waals surface area contributed by atoms with Crippen molar-refractivity contribution in [2.75, 3.05) is 11.9 Å². The highest BCUT2D eigenvalue weighted by atomic mass is 16.5. The molecule has 1 amide bonds. The van der Waals surface area contributed by atoms with E-state index in [1.165, 1.54) is 0 Å². The number of nitrogens with one attached hydrogen (secondary N) is 1. The van der Waals surface area contributed by atoms with Crippen molar-refractivity contribution in [3.05, 3.63) is 23.8 Å². The molecular formula is C15H22N2O2. The van der Waals surface area contributed by atoms with E-state index >= 15 is 0 Å². The molecule has 1 aromatic carbocycles. The van der Waals surface area contributed by atoms with Crippen LogP contribution in [0.5, 0.6) is 5.75 Å². The molecule has 0 saturated heterocycles. The molecular weight excluding hydrogens is 240 g/mol. The van der Waals surface area contributed by atoms with E-state index in [-0.39, 0.29) is 17.9 Å². The molecule has 0 bridgehead atoms. The van der Waals surface area contributed by atoms with Crippen LogP contribution in [0.4, 0.5) is 5.69 Å². The largest absolute Gasteiger partial charge is 0.494 e. The Kier molecular flexibility index (Phi) is 4.43. The molecule has 0 aromatic heterocycles. The Bertz CT molecular complexity index is 459. The summed E-state index contributed by atoms with van der Waals surface area (Å²) in [5.41, 5.74) is 7.71. The number of anilines is 1. The molecule has 4 nitrogen and oxygen atoms in total. The number of ether oxygens (including phenoxy) is 1. The first-order valence-electron chi connectivity index (χ1n) is 6.90. The number of carbonyl (C=O) groups is 1. The van der Waals surface area contributed by atoms with Gasteiger partial charge < -0.3 is 15.8 Å². The number of nitrogens with two attached hydrogens (primary N) is 1. The van der Waals surface area contributed by atoms with Crippen molar-refractivity contribution in [3.63, 3.8) is 0 Å². The number of hydrogen-bond donors (Lipinski definition) is 2. The summed E-state index contributed by atoms with van der Waals surface area (Å²) in [6.07, 6.45) is 2.63. The van der Waals surface area contributed by atoms with Crippen molar-refractivity contribution in [2.45, 2.75) is 39.2 Å². The van der Waals surface area contributed by atoms with Crippen LogP contribution in [0.25, 0.3) is 0 Å². The maximum absolute atomic E-state index is 12.1. The predicted molar refractivity (Wildman–Crippen MR) is 76.3 cm³/mol. The third kappa shape index (κ3) is 3.47. The van der Waals surface area contributed by atoms with Gasteiger partial charge in [0, 0.05) is 17.6 Å². The molecule has 1 aromatic rings. The predicted octanol–water partition coefficient (Wildman–Crippen LogP) is 2.46. The first kappa shape index (κ1) is 13.9. The smallest absolute Gasteiger partial charge is 0.227 e. The zero-order chi connectivity index (χ0) is 13.8. The summed E-state index contributed by atoms with van der Waals surface area (Å²) in [6.45, 7) is 4.57. The van der Waals surface area contributed by atoms with Crippen molar-refractivity contribution in [2.24, 2.45) is 11.7 Å². The Hall–Kier alpha value is -1.55. The van der Waals surface area contributed by atoms with Gasteiger partial charge in [-0.2, -0.15) is 0 Å². The molecule has 0 radical (unpaired) electrons. The van der Waals surface area contributed by atoms with Crippen LogP contribution in [0.15, 0.2) is 18.2 Å². The minimum Gasteiger partial charge on any atom is -0.494 e. The van der Waals surface area contributed by atoms with Gasteiger partial charge in [-0.15, -0.1) is 0 Å². The van der Waals surface area contributed by atoms with Gasteiger partial charge in [-0.1, -0.05) is 0 Å². The standard InChI is InChI=1S/C15H22N2O2/c1-3-19-13-6-7-14(10(2)8-13)17-15(18)11-4-5-12(16)9-11/h6-8,11-12H,3-5,9,16H2,1-2H3,(H,17,18). The number of benzene rings is 1. The summed E-state index contributed by atoms with van der Waals surface area (Å²) in [6, 6.07) is 5.90. The number of aryl methyl sites for hydroxylation is 1.